The van der Waals surface area contributed by atoms with E-state index in [9.17, 15) is 18.0 Å². The van der Waals surface area contributed by atoms with E-state index >= 15 is 0 Å². The molecule has 0 fully saturated rings. The largest absolute Gasteiger partial charge is 0.416 e. The molecule has 8 heteroatoms. The van der Waals surface area contributed by atoms with E-state index in [1.165, 1.54) is 18.5 Å². The molecule has 1 aromatic carbocycles. The van der Waals surface area contributed by atoms with E-state index in [1.54, 1.807) is 29.7 Å². The second-order valence-electron chi connectivity index (χ2n) is 5.33. The van der Waals surface area contributed by atoms with Gasteiger partial charge in [0.1, 0.15) is 6.33 Å². The first-order valence-electron chi connectivity index (χ1n) is 7.12. The van der Waals surface area contributed by atoms with Gasteiger partial charge in [-0.1, -0.05) is 12.1 Å². The highest BCUT2D eigenvalue weighted by atomic mass is 19.4. The maximum Gasteiger partial charge on any atom is 0.416 e. The van der Waals surface area contributed by atoms with Gasteiger partial charge in [0.2, 0.25) is 0 Å². The van der Waals surface area contributed by atoms with Gasteiger partial charge in [-0.15, -0.1) is 10.2 Å². The summed E-state index contributed by atoms with van der Waals surface area (Å²) in [4.78, 5) is 12.3. The highest BCUT2D eigenvalue weighted by Gasteiger charge is 2.30. The summed E-state index contributed by atoms with van der Waals surface area (Å²) in [6.45, 7) is 1.71. The Labute approximate surface area is 135 Å². The van der Waals surface area contributed by atoms with Crippen LogP contribution in [-0.2, 0) is 6.18 Å². The Morgan fingerprint density at radius 2 is 1.88 bits per heavy atom. The molecule has 0 aliphatic carbocycles. The molecule has 0 spiro atoms. The van der Waals surface area contributed by atoms with Crippen molar-refractivity contribution in [3.8, 4) is 0 Å². The van der Waals surface area contributed by atoms with Gasteiger partial charge in [0, 0.05) is 6.20 Å². The number of aromatic nitrogens is 3. The number of carbonyl (C=O) groups is 1. The molecule has 2 aromatic heterocycles. The molecule has 5 nitrogen and oxygen atoms in total. The zero-order chi connectivity index (χ0) is 17.3. The van der Waals surface area contributed by atoms with Crippen LogP contribution in [0.2, 0.25) is 0 Å². The summed E-state index contributed by atoms with van der Waals surface area (Å²) in [6.07, 6.45) is -1.31. The lowest BCUT2D eigenvalue weighted by molar-refractivity contribution is -0.137. The molecule has 3 rings (SSSR count). The topological polar surface area (TPSA) is 59.3 Å². The van der Waals surface area contributed by atoms with E-state index in [0.717, 1.165) is 12.1 Å². The fourth-order valence-corrected chi connectivity index (χ4v) is 2.29. The lowest BCUT2D eigenvalue weighted by Crippen LogP contribution is -2.26. The summed E-state index contributed by atoms with van der Waals surface area (Å²) in [7, 11) is 0. The van der Waals surface area contributed by atoms with Gasteiger partial charge in [-0.05, 0) is 36.8 Å². The lowest BCUT2D eigenvalue weighted by Gasteiger charge is -2.15. The fraction of sp³-hybridized carbons (Fsp3) is 0.188. The Morgan fingerprint density at radius 3 is 2.54 bits per heavy atom. The van der Waals surface area contributed by atoms with Crippen LogP contribution in [0.1, 0.15) is 34.5 Å². The summed E-state index contributed by atoms with van der Waals surface area (Å²) in [5, 5.41) is 10.3. The molecule has 124 valence electrons. The summed E-state index contributed by atoms with van der Waals surface area (Å²) in [6, 6.07) is 7.55. The van der Waals surface area contributed by atoms with Crippen molar-refractivity contribution in [2.45, 2.75) is 19.1 Å². The molecule has 3 aromatic rings. The van der Waals surface area contributed by atoms with Crippen LogP contribution in [-0.4, -0.2) is 20.5 Å². The molecule has 0 saturated carbocycles. The monoisotopic (exact) mass is 334 g/mol. The number of carbonyl (C=O) groups excluding carboxylic acids is 1. The summed E-state index contributed by atoms with van der Waals surface area (Å²) in [5.41, 5.74) is 0.882. The fourth-order valence-electron chi connectivity index (χ4n) is 2.29. The van der Waals surface area contributed by atoms with E-state index in [0.29, 0.717) is 16.8 Å². The number of nitrogens with zero attached hydrogens (tertiary/aromatic N) is 3. The quantitative estimate of drug-likeness (QED) is 0.800. The number of nitrogens with one attached hydrogen (secondary N) is 1. The molecular formula is C16H13F3N4O. The van der Waals surface area contributed by atoms with Crippen LogP contribution < -0.4 is 5.32 Å². The molecule has 0 aliphatic heterocycles. The maximum atomic E-state index is 12.6. The Morgan fingerprint density at radius 1 is 1.17 bits per heavy atom. The second kappa shape index (κ2) is 5.95. The molecule has 1 amide bonds. The predicted octanol–water partition coefficient (Wildman–Crippen LogP) is 3.24. The number of fused-ring (bicyclic) bond motifs is 1. The van der Waals surface area contributed by atoms with Gasteiger partial charge in [-0.25, -0.2) is 0 Å². The first-order chi connectivity index (χ1) is 11.3. The molecule has 0 radical (unpaired) electrons. The summed E-state index contributed by atoms with van der Waals surface area (Å²) < 4.78 is 39.3. The van der Waals surface area contributed by atoms with Crippen molar-refractivity contribution in [3.05, 3.63) is 65.6 Å². The van der Waals surface area contributed by atoms with Crippen molar-refractivity contribution in [2.75, 3.05) is 0 Å². The van der Waals surface area contributed by atoms with Gasteiger partial charge in [0.25, 0.3) is 5.91 Å². The van der Waals surface area contributed by atoms with Gasteiger partial charge in [0.15, 0.2) is 5.65 Å². The number of amides is 1. The van der Waals surface area contributed by atoms with Gasteiger partial charge < -0.3 is 5.32 Å². The van der Waals surface area contributed by atoms with Crippen LogP contribution in [0.15, 0.2) is 48.9 Å². The van der Waals surface area contributed by atoms with Gasteiger partial charge in [-0.2, -0.15) is 13.2 Å². The molecule has 1 N–H and O–H groups in total. The van der Waals surface area contributed by atoms with Crippen LogP contribution in [0.25, 0.3) is 5.65 Å². The van der Waals surface area contributed by atoms with Crippen molar-refractivity contribution in [1.29, 1.82) is 0 Å². The third-order valence-corrected chi connectivity index (χ3v) is 3.64. The van der Waals surface area contributed by atoms with Gasteiger partial charge >= 0.3 is 6.18 Å². The number of halogens is 3. The maximum absolute atomic E-state index is 12.6. The Kier molecular flexibility index (Phi) is 3.96. The number of hydrogen-bond acceptors (Lipinski definition) is 3. The molecule has 24 heavy (non-hydrogen) atoms. The van der Waals surface area contributed by atoms with Gasteiger partial charge in [-0.3, -0.25) is 9.20 Å². The van der Waals surface area contributed by atoms with Crippen molar-refractivity contribution in [1.82, 2.24) is 19.9 Å². The third kappa shape index (κ3) is 3.22. The average molecular weight is 334 g/mol. The van der Waals surface area contributed by atoms with E-state index in [1.807, 2.05) is 0 Å². The molecule has 0 bridgehead atoms. The van der Waals surface area contributed by atoms with Gasteiger partial charge in [0.05, 0.1) is 17.2 Å². The highest BCUT2D eigenvalue weighted by Crippen LogP contribution is 2.29. The smallest absolute Gasteiger partial charge is 0.345 e. The molecule has 0 unspecified atom stereocenters. The Balaban J connectivity index is 1.73. The van der Waals surface area contributed by atoms with Crippen LogP contribution in [0.5, 0.6) is 0 Å². The third-order valence-electron chi connectivity index (χ3n) is 3.64. The van der Waals surface area contributed by atoms with E-state index < -0.39 is 17.8 Å². The normalized spacial score (nSPS) is 13.0. The minimum absolute atomic E-state index is 0.335. The lowest BCUT2D eigenvalue weighted by atomic mass is 10.1. The van der Waals surface area contributed by atoms with E-state index in [-0.39, 0.29) is 5.91 Å². The number of hydrogen-bond donors (Lipinski definition) is 1. The number of pyridine rings is 1. The van der Waals surface area contributed by atoms with Crippen LogP contribution in [0, 0.1) is 0 Å². The minimum Gasteiger partial charge on any atom is -0.345 e. The zero-order valence-corrected chi connectivity index (χ0v) is 12.6. The van der Waals surface area contributed by atoms with E-state index in [2.05, 4.69) is 15.5 Å². The standard InChI is InChI=1S/C16H13F3N4O/c1-10(11-2-5-13(6-3-11)16(17,18)19)21-15(24)12-4-7-14-22-20-9-23(14)8-12/h2-10H,1H3,(H,21,24)/t10-/m0/s1. The SMILES string of the molecule is C[C@H](NC(=O)c1ccc2nncn2c1)c1ccc(C(F)(F)F)cc1. The molecule has 0 aliphatic rings. The average Bonchev–Trinajstić information content (AvgIpc) is 3.01. The molecule has 1 atom stereocenters. The zero-order valence-electron chi connectivity index (χ0n) is 12.6. The second-order valence-corrected chi connectivity index (χ2v) is 5.33. The number of rotatable bonds is 3. The molecule has 0 saturated heterocycles. The highest BCUT2D eigenvalue weighted by molar-refractivity contribution is 5.94. The summed E-state index contributed by atoms with van der Waals surface area (Å²) in [5.74, 6) is -0.335. The molecule has 2 heterocycles. The van der Waals surface area contributed by atoms with Crippen LogP contribution in [0.3, 0.4) is 0 Å². The first-order valence-corrected chi connectivity index (χ1v) is 7.12. The molecular weight excluding hydrogens is 321 g/mol. The number of alkyl halides is 3. The van der Waals surface area contributed by atoms with Crippen molar-refractivity contribution in [2.24, 2.45) is 0 Å². The summed E-state index contributed by atoms with van der Waals surface area (Å²) >= 11 is 0. The van der Waals surface area contributed by atoms with E-state index in [4.69, 9.17) is 0 Å². The van der Waals surface area contributed by atoms with Crippen LogP contribution >= 0.6 is 0 Å². The van der Waals surface area contributed by atoms with Crippen molar-refractivity contribution in [3.63, 3.8) is 0 Å². The minimum atomic E-state index is -4.38. The van der Waals surface area contributed by atoms with Crippen molar-refractivity contribution < 1.29 is 18.0 Å². The first kappa shape index (κ1) is 16.0. The van der Waals surface area contributed by atoms with Crippen molar-refractivity contribution >= 4 is 11.6 Å². The number of benzene rings is 1. The Hall–Kier alpha value is -2.90. The van der Waals surface area contributed by atoms with Crippen LogP contribution in [0.4, 0.5) is 13.2 Å². The predicted molar refractivity (Wildman–Crippen MR) is 80.3 cm³/mol. The Bertz CT molecular complexity index is 871.